The van der Waals surface area contributed by atoms with Crippen molar-refractivity contribution in [3.63, 3.8) is 0 Å². The normalized spacial score (nSPS) is 21.3. The largest absolute Gasteiger partial charge is 0.487 e. The Morgan fingerprint density at radius 2 is 2.15 bits per heavy atom. The fourth-order valence-electron chi connectivity index (χ4n) is 4.52. The van der Waals surface area contributed by atoms with E-state index in [0.29, 0.717) is 47.9 Å². The van der Waals surface area contributed by atoms with Crippen molar-refractivity contribution in [3.8, 4) is 11.5 Å². The van der Waals surface area contributed by atoms with Crippen LogP contribution in [0.4, 0.5) is 5.69 Å². The van der Waals surface area contributed by atoms with Gasteiger partial charge in [0.2, 0.25) is 5.91 Å². The van der Waals surface area contributed by atoms with Crippen molar-refractivity contribution in [3.05, 3.63) is 47.9 Å². The van der Waals surface area contributed by atoms with Crippen LogP contribution in [0.1, 0.15) is 29.8 Å². The highest BCUT2D eigenvalue weighted by Crippen LogP contribution is 2.42. The molecule has 5 N–H and O–H groups in total. The number of nitrogens with two attached hydrogens (primary N) is 2. The summed E-state index contributed by atoms with van der Waals surface area (Å²) in [4.78, 5) is 30.6. The highest BCUT2D eigenvalue weighted by atomic mass is 16.5. The number of amides is 2. The fourth-order valence-corrected chi connectivity index (χ4v) is 4.52. The molecule has 0 spiro atoms. The highest BCUT2D eigenvalue weighted by Gasteiger charge is 2.35. The van der Waals surface area contributed by atoms with Crippen molar-refractivity contribution in [2.24, 2.45) is 11.5 Å². The van der Waals surface area contributed by atoms with Crippen molar-refractivity contribution in [2.45, 2.75) is 38.0 Å². The van der Waals surface area contributed by atoms with E-state index >= 15 is 0 Å². The van der Waals surface area contributed by atoms with E-state index in [-0.39, 0.29) is 30.2 Å². The molecule has 0 radical (unpaired) electrons. The molecule has 1 saturated heterocycles. The molecule has 0 saturated carbocycles. The number of nitrogens with zero attached hydrogens (tertiary/aromatic N) is 4. The number of ether oxygens (including phenoxy) is 2. The molecule has 1 aromatic carbocycles. The molecule has 5 rings (SSSR count). The van der Waals surface area contributed by atoms with Crippen LogP contribution in [0.2, 0.25) is 0 Å². The molecule has 2 aliphatic rings. The molecule has 11 nitrogen and oxygen atoms in total. The summed E-state index contributed by atoms with van der Waals surface area (Å²) in [6.07, 6.45) is 5.12. The molecule has 34 heavy (non-hydrogen) atoms. The van der Waals surface area contributed by atoms with Gasteiger partial charge in [-0.3, -0.25) is 14.5 Å². The Morgan fingerprint density at radius 3 is 2.94 bits per heavy atom. The molecular weight excluding hydrogens is 438 g/mol. The summed E-state index contributed by atoms with van der Waals surface area (Å²) in [6.45, 7) is 5.05. The zero-order chi connectivity index (χ0) is 24.0. The molecular formula is C23H27N7O4. The molecule has 178 valence electrons. The van der Waals surface area contributed by atoms with Gasteiger partial charge in [-0.25, -0.2) is 9.50 Å². The van der Waals surface area contributed by atoms with Crippen molar-refractivity contribution >= 4 is 23.1 Å². The van der Waals surface area contributed by atoms with E-state index in [1.807, 2.05) is 24.8 Å². The number of rotatable bonds is 6. The summed E-state index contributed by atoms with van der Waals surface area (Å²) in [5, 5.41) is 7.14. The van der Waals surface area contributed by atoms with Gasteiger partial charge in [0.25, 0.3) is 5.91 Å². The van der Waals surface area contributed by atoms with Gasteiger partial charge in [0.15, 0.2) is 5.65 Å². The van der Waals surface area contributed by atoms with Crippen LogP contribution in [-0.4, -0.2) is 68.7 Å². The summed E-state index contributed by atoms with van der Waals surface area (Å²) in [5.41, 5.74) is 13.5. The average molecular weight is 466 g/mol. The monoisotopic (exact) mass is 465 g/mol. The number of carbonyl (C=O) groups excluding carboxylic acids is 2. The van der Waals surface area contributed by atoms with Crippen LogP contribution < -0.4 is 26.3 Å². The van der Waals surface area contributed by atoms with Gasteiger partial charge >= 0.3 is 0 Å². The first-order chi connectivity index (χ1) is 16.2. The molecule has 1 fully saturated rings. The Balaban J connectivity index is 1.44. The van der Waals surface area contributed by atoms with Crippen LogP contribution in [0, 0.1) is 0 Å². The number of hydrogen-bond donors (Lipinski definition) is 3. The minimum Gasteiger partial charge on any atom is -0.487 e. The summed E-state index contributed by atoms with van der Waals surface area (Å²) in [7, 11) is 0. The quantitative estimate of drug-likeness (QED) is 0.478. The topological polar surface area (TPSA) is 150 Å². The SMILES string of the molecule is CC1(C)Cc2cc(NC(=O)c3cnn4cccnc34)c(OC3CN(CC(N)=O)C[C@H]3N)cc2O1. The second-order valence-electron chi connectivity index (χ2n) is 9.38. The summed E-state index contributed by atoms with van der Waals surface area (Å²) >= 11 is 0. The van der Waals surface area contributed by atoms with Crippen LogP contribution >= 0.6 is 0 Å². The lowest BCUT2D eigenvalue weighted by atomic mass is 10.0. The van der Waals surface area contributed by atoms with E-state index in [1.54, 1.807) is 24.5 Å². The Labute approximate surface area is 196 Å². The van der Waals surface area contributed by atoms with Gasteiger partial charge in [-0.2, -0.15) is 5.10 Å². The predicted molar refractivity (Wildman–Crippen MR) is 124 cm³/mol. The number of fused-ring (bicyclic) bond motifs is 2. The lowest BCUT2D eigenvalue weighted by Crippen LogP contribution is -2.37. The van der Waals surface area contributed by atoms with Crippen LogP contribution in [0.15, 0.2) is 36.8 Å². The van der Waals surface area contributed by atoms with Crippen LogP contribution in [0.3, 0.4) is 0 Å². The molecule has 0 aliphatic carbocycles. The third-order valence-electron chi connectivity index (χ3n) is 5.98. The number of likely N-dealkylation sites (tertiary alicyclic amines) is 1. The van der Waals surface area contributed by atoms with Gasteiger partial charge in [0.1, 0.15) is 28.8 Å². The van der Waals surface area contributed by atoms with Gasteiger partial charge in [-0.05, 0) is 26.0 Å². The third kappa shape index (κ3) is 4.27. The minimum absolute atomic E-state index is 0.111. The van der Waals surface area contributed by atoms with E-state index in [0.717, 1.165) is 5.56 Å². The molecule has 2 aliphatic heterocycles. The van der Waals surface area contributed by atoms with E-state index < -0.39 is 5.91 Å². The van der Waals surface area contributed by atoms with E-state index in [4.69, 9.17) is 20.9 Å². The number of aromatic nitrogens is 3. The van der Waals surface area contributed by atoms with Gasteiger partial charge in [0.05, 0.1) is 24.5 Å². The first-order valence-corrected chi connectivity index (χ1v) is 11.1. The zero-order valence-corrected chi connectivity index (χ0v) is 19.0. The van der Waals surface area contributed by atoms with Crippen LogP contribution in [-0.2, 0) is 11.2 Å². The first-order valence-electron chi connectivity index (χ1n) is 11.1. The maximum Gasteiger partial charge on any atom is 0.261 e. The highest BCUT2D eigenvalue weighted by molar-refractivity contribution is 6.08. The summed E-state index contributed by atoms with van der Waals surface area (Å²) in [5.74, 6) is 0.366. The van der Waals surface area contributed by atoms with Gasteiger partial charge < -0.3 is 26.3 Å². The number of benzene rings is 1. The summed E-state index contributed by atoms with van der Waals surface area (Å²) in [6, 6.07) is 5.08. The maximum absolute atomic E-state index is 13.2. The second-order valence-corrected chi connectivity index (χ2v) is 9.38. The number of hydrogen-bond acceptors (Lipinski definition) is 8. The lowest BCUT2D eigenvalue weighted by molar-refractivity contribution is -0.118. The maximum atomic E-state index is 13.2. The lowest BCUT2D eigenvalue weighted by Gasteiger charge is -2.21. The zero-order valence-electron chi connectivity index (χ0n) is 19.0. The molecule has 3 aromatic rings. The van der Waals surface area contributed by atoms with Crippen LogP contribution in [0.25, 0.3) is 5.65 Å². The third-order valence-corrected chi connectivity index (χ3v) is 5.98. The fraction of sp³-hybridized carbons (Fsp3) is 0.391. The predicted octanol–water partition coefficient (Wildman–Crippen LogP) is 0.571. The standard InChI is InChI=1S/C23H27N7O4/c1-23(2)8-13-6-16(28-22(32)14-9-27-30-5-3-4-26-21(14)30)18(7-17(13)34-23)33-19-11-29(10-15(19)24)12-20(25)31/h3-7,9,15,19H,8,10-12,24H2,1-2H3,(H2,25,31)(H,28,32)/t15-,19?/m1/s1. The first kappa shape index (κ1) is 22.1. The van der Waals surface area contributed by atoms with Crippen molar-refractivity contribution in [2.75, 3.05) is 25.0 Å². The van der Waals surface area contributed by atoms with Gasteiger partial charge in [-0.1, -0.05) is 0 Å². The van der Waals surface area contributed by atoms with Crippen molar-refractivity contribution in [1.29, 1.82) is 0 Å². The number of primary amides is 1. The van der Waals surface area contributed by atoms with Crippen molar-refractivity contribution < 1.29 is 19.1 Å². The average Bonchev–Trinajstić information content (AvgIpc) is 3.41. The van der Waals surface area contributed by atoms with E-state index in [1.165, 1.54) is 10.7 Å². The Kier molecular flexibility index (Phi) is 5.37. The Bertz CT molecular complexity index is 1270. The van der Waals surface area contributed by atoms with Gasteiger partial charge in [0, 0.05) is 43.5 Å². The number of anilines is 1. The minimum atomic E-state index is -0.420. The molecule has 2 atom stereocenters. The number of nitrogens with one attached hydrogen (secondary N) is 1. The Hall–Kier alpha value is -3.70. The van der Waals surface area contributed by atoms with Crippen LogP contribution in [0.5, 0.6) is 11.5 Å². The smallest absolute Gasteiger partial charge is 0.261 e. The van der Waals surface area contributed by atoms with E-state index in [2.05, 4.69) is 15.4 Å². The second kappa shape index (κ2) is 8.26. The van der Waals surface area contributed by atoms with Gasteiger partial charge in [-0.15, -0.1) is 0 Å². The molecule has 1 unspecified atom stereocenters. The Morgan fingerprint density at radius 1 is 1.32 bits per heavy atom. The van der Waals surface area contributed by atoms with Crippen molar-refractivity contribution in [1.82, 2.24) is 19.5 Å². The summed E-state index contributed by atoms with van der Waals surface area (Å²) < 4.78 is 13.9. The molecule has 4 heterocycles. The van der Waals surface area contributed by atoms with E-state index in [9.17, 15) is 9.59 Å². The molecule has 0 bridgehead atoms. The molecule has 2 aromatic heterocycles. The number of carbonyl (C=O) groups is 2. The molecule has 11 heteroatoms. The molecule has 2 amide bonds.